The van der Waals surface area contributed by atoms with E-state index in [4.69, 9.17) is 15.9 Å². The molecule has 1 aliphatic rings. The van der Waals surface area contributed by atoms with E-state index in [9.17, 15) is 0 Å². The lowest BCUT2D eigenvalue weighted by molar-refractivity contribution is 0.201. The number of ether oxygens (including phenoxy) is 1. The van der Waals surface area contributed by atoms with Crippen LogP contribution in [-0.4, -0.2) is 50.1 Å². The van der Waals surface area contributed by atoms with E-state index < -0.39 is 0 Å². The Kier molecular flexibility index (Phi) is 4.84. The van der Waals surface area contributed by atoms with Crippen LogP contribution in [0.4, 0.5) is 5.69 Å². The fourth-order valence-electron chi connectivity index (χ4n) is 2.66. The number of methoxy groups -OCH3 is 1. The quantitative estimate of drug-likeness (QED) is 0.632. The van der Waals surface area contributed by atoms with Gasteiger partial charge >= 0.3 is 0 Å². The van der Waals surface area contributed by atoms with Gasteiger partial charge in [-0.05, 0) is 31.2 Å². The maximum atomic E-state index is 7.38. The smallest absolute Gasteiger partial charge is 0.119 e. The van der Waals surface area contributed by atoms with E-state index in [1.54, 1.807) is 7.11 Å². The molecule has 1 aliphatic heterocycles. The van der Waals surface area contributed by atoms with Crippen LogP contribution in [-0.2, 0) is 0 Å². The monoisotopic (exact) mass is 276 g/mol. The Hall–Kier alpha value is -1.75. The second kappa shape index (κ2) is 6.61. The molecular weight excluding hydrogens is 252 g/mol. The highest BCUT2D eigenvalue weighted by atomic mass is 16.5. The van der Waals surface area contributed by atoms with Gasteiger partial charge in [0.2, 0.25) is 0 Å². The van der Waals surface area contributed by atoms with Crippen molar-refractivity contribution in [1.82, 2.24) is 4.90 Å². The molecular formula is C15H24N4O. The molecule has 2 rings (SSSR count). The van der Waals surface area contributed by atoms with Crippen molar-refractivity contribution in [1.29, 1.82) is 5.41 Å². The molecule has 0 aliphatic carbocycles. The van der Waals surface area contributed by atoms with Gasteiger partial charge in [0.1, 0.15) is 5.75 Å². The Bertz CT molecular complexity index is 438. The van der Waals surface area contributed by atoms with Gasteiger partial charge in [0.15, 0.2) is 0 Å². The minimum absolute atomic E-state index is 0.273. The van der Waals surface area contributed by atoms with E-state index in [1.807, 2.05) is 12.1 Å². The largest absolute Gasteiger partial charge is 0.497 e. The zero-order valence-electron chi connectivity index (χ0n) is 12.3. The maximum absolute atomic E-state index is 7.38. The lowest BCUT2D eigenvalue weighted by atomic mass is 10.1. The van der Waals surface area contributed by atoms with Gasteiger partial charge in [-0.3, -0.25) is 10.3 Å². The summed E-state index contributed by atoms with van der Waals surface area (Å²) in [5.74, 6) is 1.16. The molecule has 0 aromatic heterocycles. The fraction of sp³-hybridized carbons (Fsp3) is 0.533. The number of hydrogen-bond donors (Lipinski definition) is 2. The molecule has 1 aromatic carbocycles. The molecule has 0 bridgehead atoms. The van der Waals surface area contributed by atoms with Crippen LogP contribution in [0.2, 0.25) is 0 Å². The van der Waals surface area contributed by atoms with Gasteiger partial charge in [0, 0.05) is 44.3 Å². The average Bonchev–Trinajstić information content (AvgIpc) is 2.47. The van der Waals surface area contributed by atoms with Gasteiger partial charge in [0.05, 0.1) is 12.9 Å². The average molecular weight is 276 g/mol. The summed E-state index contributed by atoms with van der Waals surface area (Å²) < 4.78 is 5.18. The van der Waals surface area contributed by atoms with Gasteiger partial charge in [-0.15, -0.1) is 0 Å². The second-order valence-electron chi connectivity index (χ2n) is 5.30. The summed E-state index contributed by atoms with van der Waals surface area (Å²) >= 11 is 0. The summed E-state index contributed by atoms with van der Waals surface area (Å²) in [5.41, 5.74) is 6.72. The molecule has 5 nitrogen and oxygen atoms in total. The summed E-state index contributed by atoms with van der Waals surface area (Å²) in [6, 6.07) is 8.56. The topological polar surface area (TPSA) is 65.6 Å². The first-order valence-corrected chi connectivity index (χ1v) is 7.06. The van der Waals surface area contributed by atoms with Crippen molar-refractivity contribution < 1.29 is 4.74 Å². The molecule has 1 aromatic rings. The predicted octanol–water partition coefficient (Wildman–Crippen LogP) is 1.53. The van der Waals surface area contributed by atoms with Crippen molar-refractivity contribution in [2.45, 2.75) is 19.4 Å². The summed E-state index contributed by atoms with van der Waals surface area (Å²) in [7, 11) is 1.68. The Balaban J connectivity index is 1.88. The van der Waals surface area contributed by atoms with Crippen LogP contribution >= 0.6 is 0 Å². The first-order valence-electron chi connectivity index (χ1n) is 7.06. The van der Waals surface area contributed by atoms with Gasteiger partial charge in [-0.25, -0.2) is 0 Å². The van der Waals surface area contributed by atoms with E-state index >= 15 is 0 Å². The van der Waals surface area contributed by atoms with Crippen LogP contribution in [0, 0.1) is 5.41 Å². The number of benzene rings is 1. The first kappa shape index (κ1) is 14.7. The fourth-order valence-corrected chi connectivity index (χ4v) is 2.66. The van der Waals surface area contributed by atoms with Crippen molar-refractivity contribution in [3.8, 4) is 5.75 Å². The number of anilines is 1. The summed E-state index contributed by atoms with van der Waals surface area (Å²) in [4.78, 5) is 4.79. The van der Waals surface area contributed by atoms with Gasteiger partial charge < -0.3 is 15.4 Å². The molecule has 1 heterocycles. The minimum Gasteiger partial charge on any atom is -0.497 e. The number of amidine groups is 1. The molecule has 0 saturated carbocycles. The SMILES string of the molecule is COc1ccc(N2CCN(C(C)CC(=N)N)CC2)cc1. The molecule has 0 amide bonds. The van der Waals surface area contributed by atoms with Crippen LogP contribution in [0.3, 0.4) is 0 Å². The van der Waals surface area contributed by atoms with Crippen molar-refractivity contribution in [2.75, 3.05) is 38.2 Å². The van der Waals surface area contributed by atoms with Gasteiger partial charge in [0.25, 0.3) is 0 Å². The molecule has 110 valence electrons. The number of nitrogens with one attached hydrogen (secondary N) is 1. The number of nitrogens with zero attached hydrogens (tertiary/aromatic N) is 2. The van der Waals surface area contributed by atoms with Crippen molar-refractivity contribution in [2.24, 2.45) is 5.73 Å². The van der Waals surface area contributed by atoms with Gasteiger partial charge in [-0.2, -0.15) is 0 Å². The molecule has 1 saturated heterocycles. The standard InChI is InChI=1S/C15H24N4O/c1-12(11-15(16)17)18-7-9-19(10-8-18)13-3-5-14(20-2)6-4-13/h3-6,12H,7-11H2,1-2H3,(H3,16,17). The second-order valence-corrected chi connectivity index (χ2v) is 5.30. The molecule has 1 unspecified atom stereocenters. The number of piperazine rings is 1. The number of rotatable bonds is 5. The zero-order chi connectivity index (χ0) is 14.5. The van der Waals surface area contributed by atoms with E-state index in [2.05, 4.69) is 28.9 Å². The molecule has 20 heavy (non-hydrogen) atoms. The third-order valence-corrected chi connectivity index (χ3v) is 3.89. The van der Waals surface area contributed by atoms with Crippen molar-refractivity contribution >= 4 is 11.5 Å². The summed E-state index contributed by atoms with van der Waals surface area (Å²) in [5, 5.41) is 7.38. The van der Waals surface area contributed by atoms with Crippen LogP contribution in [0.5, 0.6) is 5.75 Å². The number of nitrogens with two attached hydrogens (primary N) is 1. The number of hydrogen-bond acceptors (Lipinski definition) is 4. The van der Waals surface area contributed by atoms with Crippen molar-refractivity contribution in [3.05, 3.63) is 24.3 Å². The Morgan fingerprint density at radius 1 is 1.25 bits per heavy atom. The third-order valence-electron chi connectivity index (χ3n) is 3.89. The summed E-state index contributed by atoms with van der Waals surface area (Å²) in [6.45, 7) is 6.19. The molecule has 0 spiro atoms. The predicted molar refractivity (Wildman–Crippen MR) is 82.8 cm³/mol. The van der Waals surface area contributed by atoms with E-state index in [1.165, 1.54) is 5.69 Å². The van der Waals surface area contributed by atoms with E-state index in [-0.39, 0.29) is 5.84 Å². The molecule has 1 atom stereocenters. The Labute approximate surface area is 120 Å². The van der Waals surface area contributed by atoms with E-state index in [0.29, 0.717) is 12.5 Å². The Morgan fingerprint density at radius 3 is 2.35 bits per heavy atom. The van der Waals surface area contributed by atoms with Crippen LogP contribution in [0.15, 0.2) is 24.3 Å². The van der Waals surface area contributed by atoms with Crippen LogP contribution in [0.25, 0.3) is 0 Å². The van der Waals surface area contributed by atoms with Gasteiger partial charge in [-0.1, -0.05) is 0 Å². The molecule has 0 radical (unpaired) electrons. The third kappa shape index (κ3) is 3.63. The maximum Gasteiger partial charge on any atom is 0.119 e. The minimum atomic E-state index is 0.273. The van der Waals surface area contributed by atoms with Crippen molar-refractivity contribution in [3.63, 3.8) is 0 Å². The normalized spacial score (nSPS) is 17.8. The molecule has 5 heteroatoms. The molecule has 1 fully saturated rings. The lowest BCUT2D eigenvalue weighted by Gasteiger charge is -2.39. The summed E-state index contributed by atoms with van der Waals surface area (Å²) in [6.07, 6.45) is 0.655. The highest BCUT2D eigenvalue weighted by Gasteiger charge is 2.21. The Morgan fingerprint density at radius 2 is 1.85 bits per heavy atom. The lowest BCUT2D eigenvalue weighted by Crippen LogP contribution is -2.50. The molecule has 3 N–H and O–H groups in total. The highest BCUT2D eigenvalue weighted by molar-refractivity contribution is 5.77. The first-order chi connectivity index (χ1) is 9.60. The highest BCUT2D eigenvalue weighted by Crippen LogP contribution is 2.21. The van der Waals surface area contributed by atoms with E-state index in [0.717, 1.165) is 31.9 Å². The van der Waals surface area contributed by atoms with Crippen LogP contribution < -0.4 is 15.4 Å². The zero-order valence-corrected chi connectivity index (χ0v) is 12.3. The van der Waals surface area contributed by atoms with Crippen LogP contribution in [0.1, 0.15) is 13.3 Å².